The van der Waals surface area contributed by atoms with Gasteiger partial charge in [0.2, 0.25) is 11.8 Å². The predicted octanol–water partition coefficient (Wildman–Crippen LogP) is 1.69. The zero-order valence-electron chi connectivity index (χ0n) is 19.8. The molecule has 2 saturated heterocycles. The molecule has 0 radical (unpaired) electrons. The number of ether oxygens (including phenoxy) is 2. The van der Waals surface area contributed by atoms with E-state index in [2.05, 4.69) is 17.0 Å². The Morgan fingerprint density at radius 3 is 2.65 bits per heavy atom. The van der Waals surface area contributed by atoms with E-state index in [9.17, 15) is 9.59 Å². The van der Waals surface area contributed by atoms with Gasteiger partial charge in [0.25, 0.3) is 0 Å². The number of amides is 2. The molecule has 2 aliphatic rings. The second-order valence-electron chi connectivity index (χ2n) is 9.11. The molecule has 1 aromatic carbocycles. The Balaban J connectivity index is 1.49. The highest BCUT2D eigenvalue weighted by atomic mass is 35.5. The molecule has 2 fully saturated rings. The highest BCUT2D eigenvalue weighted by Crippen LogP contribution is 2.27. The number of nitrogens with zero attached hydrogens (tertiary/aromatic N) is 5. The van der Waals surface area contributed by atoms with Gasteiger partial charge in [0, 0.05) is 50.1 Å². The van der Waals surface area contributed by atoms with Crippen LogP contribution in [0.2, 0.25) is 5.02 Å². The van der Waals surface area contributed by atoms with Crippen LogP contribution in [0.3, 0.4) is 0 Å². The second-order valence-corrected chi connectivity index (χ2v) is 9.52. The van der Waals surface area contributed by atoms with E-state index >= 15 is 0 Å². The van der Waals surface area contributed by atoms with Gasteiger partial charge >= 0.3 is 0 Å². The van der Waals surface area contributed by atoms with Crippen molar-refractivity contribution in [3.8, 4) is 5.75 Å². The summed E-state index contributed by atoms with van der Waals surface area (Å²) < 4.78 is 13.9. The fraction of sp³-hybridized carbons (Fsp3) is 0.542. The van der Waals surface area contributed by atoms with Gasteiger partial charge in [-0.3, -0.25) is 14.3 Å². The van der Waals surface area contributed by atoms with E-state index in [0.29, 0.717) is 37.0 Å². The molecule has 10 heteroatoms. The number of carbonyl (C=O) groups is 2. The minimum atomic E-state index is -0.938. The van der Waals surface area contributed by atoms with E-state index in [1.165, 1.54) is 0 Å². The average Bonchev–Trinajstić information content (AvgIpc) is 3.33. The lowest BCUT2D eigenvalue weighted by molar-refractivity contribution is -0.166. The summed E-state index contributed by atoms with van der Waals surface area (Å²) in [4.78, 5) is 32.1. The number of rotatable bonds is 7. The van der Waals surface area contributed by atoms with E-state index in [4.69, 9.17) is 21.1 Å². The van der Waals surface area contributed by atoms with Crippen molar-refractivity contribution >= 4 is 23.4 Å². The fourth-order valence-electron chi connectivity index (χ4n) is 4.30. The van der Waals surface area contributed by atoms with Crippen LogP contribution in [0.15, 0.2) is 36.7 Å². The van der Waals surface area contributed by atoms with Crippen molar-refractivity contribution in [1.29, 1.82) is 0 Å². The Morgan fingerprint density at radius 2 is 1.94 bits per heavy atom. The molecule has 0 N–H and O–H groups in total. The first-order valence-electron chi connectivity index (χ1n) is 11.6. The molecule has 2 amide bonds. The summed E-state index contributed by atoms with van der Waals surface area (Å²) in [7, 11) is 2.05. The van der Waals surface area contributed by atoms with E-state index in [1.54, 1.807) is 40.2 Å². The number of halogens is 1. The van der Waals surface area contributed by atoms with E-state index in [0.717, 1.165) is 18.7 Å². The van der Waals surface area contributed by atoms with Crippen LogP contribution in [0.25, 0.3) is 0 Å². The number of morpholine rings is 1. The topological polar surface area (TPSA) is 80.1 Å². The Morgan fingerprint density at radius 1 is 1.15 bits per heavy atom. The van der Waals surface area contributed by atoms with Gasteiger partial charge in [-0.1, -0.05) is 11.6 Å². The molecule has 2 aromatic rings. The van der Waals surface area contributed by atoms with Gasteiger partial charge in [-0.2, -0.15) is 5.10 Å². The van der Waals surface area contributed by atoms with E-state index in [1.807, 2.05) is 17.9 Å². The molecule has 9 nitrogen and oxygen atoms in total. The summed E-state index contributed by atoms with van der Waals surface area (Å²) in [6.45, 7) is 6.34. The molecule has 1 aromatic heterocycles. The number of aromatic nitrogens is 2. The number of likely N-dealkylation sites (N-methyl/N-ethyl adjacent to an activating group) is 1. The Bertz CT molecular complexity index is 993. The molecule has 0 aliphatic carbocycles. The molecular weight excluding hydrogens is 458 g/mol. The lowest BCUT2D eigenvalue weighted by Gasteiger charge is -2.43. The third-order valence-electron chi connectivity index (χ3n) is 6.42. The van der Waals surface area contributed by atoms with Crippen molar-refractivity contribution in [2.75, 3.05) is 59.5 Å². The van der Waals surface area contributed by atoms with Crippen LogP contribution >= 0.6 is 11.6 Å². The molecule has 184 valence electrons. The van der Waals surface area contributed by atoms with Crippen molar-refractivity contribution in [2.45, 2.75) is 25.5 Å². The monoisotopic (exact) mass is 489 g/mol. The van der Waals surface area contributed by atoms with Crippen molar-refractivity contribution in [3.63, 3.8) is 0 Å². The summed E-state index contributed by atoms with van der Waals surface area (Å²) in [5.74, 6) is 0.605. The number of hydrogen-bond donors (Lipinski definition) is 0. The largest absolute Gasteiger partial charge is 0.490 e. The summed E-state index contributed by atoms with van der Waals surface area (Å²) in [6, 6.07) is 7.24. The van der Waals surface area contributed by atoms with Crippen LogP contribution in [-0.2, 0) is 20.9 Å². The first kappa shape index (κ1) is 24.5. The van der Waals surface area contributed by atoms with Gasteiger partial charge in [-0.05, 0) is 43.8 Å². The highest BCUT2D eigenvalue weighted by molar-refractivity contribution is 6.31. The van der Waals surface area contributed by atoms with Gasteiger partial charge in [0.1, 0.15) is 24.5 Å². The Labute approximate surface area is 205 Å². The van der Waals surface area contributed by atoms with Crippen LogP contribution in [0.5, 0.6) is 5.75 Å². The Kier molecular flexibility index (Phi) is 7.75. The summed E-state index contributed by atoms with van der Waals surface area (Å²) in [6.07, 6.45) is 3.55. The first-order chi connectivity index (χ1) is 16.3. The van der Waals surface area contributed by atoms with Crippen LogP contribution in [0.1, 0.15) is 12.0 Å². The van der Waals surface area contributed by atoms with Crippen molar-refractivity contribution in [2.24, 2.45) is 0 Å². The number of aryl methyl sites for hydroxylation is 1. The quantitative estimate of drug-likeness (QED) is 0.589. The van der Waals surface area contributed by atoms with Crippen molar-refractivity contribution < 1.29 is 19.1 Å². The minimum Gasteiger partial charge on any atom is -0.490 e. The zero-order valence-corrected chi connectivity index (χ0v) is 20.5. The molecule has 4 rings (SSSR count). The van der Waals surface area contributed by atoms with Gasteiger partial charge in [-0.25, -0.2) is 0 Å². The smallest absolute Gasteiger partial charge is 0.244 e. The number of piperazine rings is 1. The molecule has 0 spiro atoms. The molecule has 34 heavy (non-hydrogen) atoms. The standard InChI is InChI=1S/C24H32ClN5O4/c1-19-14-20(4-5-21(19)25)33-18-24(15-22(31)28-10-8-27(2)9-11-28)17-29(12-13-34-24)23(32)16-30-7-3-6-26-30/h3-7,14H,8-13,15-18H2,1-2H3/t24-/m1/s1. The van der Waals surface area contributed by atoms with Crippen molar-refractivity contribution in [1.82, 2.24) is 24.5 Å². The summed E-state index contributed by atoms with van der Waals surface area (Å²) in [5, 5.41) is 4.80. The maximum atomic E-state index is 13.3. The molecule has 2 aliphatic heterocycles. The average molecular weight is 490 g/mol. The minimum absolute atomic E-state index is 0.0189. The lowest BCUT2D eigenvalue weighted by Crippen LogP contribution is -2.59. The number of hydrogen-bond acceptors (Lipinski definition) is 6. The molecule has 3 heterocycles. The van der Waals surface area contributed by atoms with Crippen LogP contribution in [-0.4, -0.2) is 101 Å². The lowest BCUT2D eigenvalue weighted by atomic mass is 9.96. The second kappa shape index (κ2) is 10.8. The molecule has 1 atom stereocenters. The third kappa shape index (κ3) is 6.08. The van der Waals surface area contributed by atoms with Gasteiger partial charge in [0.15, 0.2) is 0 Å². The number of benzene rings is 1. The molecule has 0 saturated carbocycles. The number of carbonyl (C=O) groups excluding carboxylic acids is 2. The highest BCUT2D eigenvalue weighted by Gasteiger charge is 2.42. The third-order valence-corrected chi connectivity index (χ3v) is 6.84. The maximum absolute atomic E-state index is 13.3. The van der Waals surface area contributed by atoms with E-state index < -0.39 is 5.60 Å². The predicted molar refractivity (Wildman–Crippen MR) is 128 cm³/mol. The SMILES string of the molecule is Cc1cc(OC[C@@]2(CC(=O)N3CCN(C)CC3)CN(C(=O)Cn3cccn3)CCO2)ccc1Cl. The molecule has 0 unspecified atom stereocenters. The van der Waals surface area contributed by atoms with Crippen LogP contribution in [0, 0.1) is 6.92 Å². The summed E-state index contributed by atoms with van der Waals surface area (Å²) in [5.41, 5.74) is -0.0336. The molecule has 0 bridgehead atoms. The van der Waals surface area contributed by atoms with Gasteiger partial charge in [-0.15, -0.1) is 0 Å². The summed E-state index contributed by atoms with van der Waals surface area (Å²) >= 11 is 6.15. The van der Waals surface area contributed by atoms with Crippen LogP contribution in [0.4, 0.5) is 0 Å². The van der Waals surface area contributed by atoms with Gasteiger partial charge < -0.3 is 24.2 Å². The Hall–Kier alpha value is -2.62. The normalized spacial score (nSPS) is 21.5. The maximum Gasteiger partial charge on any atom is 0.244 e. The van der Waals surface area contributed by atoms with Crippen LogP contribution < -0.4 is 4.74 Å². The molecular formula is C24H32ClN5O4. The van der Waals surface area contributed by atoms with Crippen molar-refractivity contribution in [3.05, 3.63) is 47.2 Å². The zero-order chi connectivity index (χ0) is 24.1. The van der Waals surface area contributed by atoms with E-state index in [-0.39, 0.29) is 37.9 Å². The first-order valence-corrected chi connectivity index (χ1v) is 12.0. The fourth-order valence-corrected chi connectivity index (χ4v) is 4.42. The van der Waals surface area contributed by atoms with Gasteiger partial charge in [0.05, 0.1) is 19.6 Å².